The van der Waals surface area contributed by atoms with Crippen LogP contribution in [0.3, 0.4) is 0 Å². The number of amides is 2. The van der Waals surface area contributed by atoms with Crippen LogP contribution in [-0.2, 0) is 11.3 Å². The van der Waals surface area contributed by atoms with Crippen LogP contribution in [0, 0.1) is 0 Å². The summed E-state index contributed by atoms with van der Waals surface area (Å²) in [4.78, 5) is 24.6. The second-order valence-electron chi connectivity index (χ2n) is 6.62. The topological polar surface area (TPSA) is 79.8 Å². The third kappa shape index (κ3) is 5.42. The minimum absolute atomic E-state index is 0.103. The zero-order valence-corrected chi connectivity index (χ0v) is 16.4. The average molecular weight is 389 g/mol. The molecule has 0 fully saturated rings. The number of fused-ring (bicyclic) bond motifs is 1. The maximum atomic E-state index is 12.5. The molecule has 3 rings (SSSR count). The molecule has 0 aliphatic rings. The van der Waals surface area contributed by atoms with Crippen LogP contribution in [0.4, 0.5) is 0 Å². The number of benzene rings is 3. The van der Waals surface area contributed by atoms with E-state index >= 15 is 0 Å². The lowest BCUT2D eigenvalue weighted by molar-refractivity contribution is -0.120. The maximum absolute atomic E-state index is 12.5. The number of hydrogen-bond acceptors (Lipinski definition) is 4. The fourth-order valence-corrected chi connectivity index (χ4v) is 2.91. The zero-order chi connectivity index (χ0) is 20.6. The van der Waals surface area contributed by atoms with Crippen molar-refractivity contribution < 1.29 is 14.3 Å². The molecular formula is C23H23N3O3. The van der Waals surface area contributed by atoms with Crippen molar-refractivity contribution in [2.45, 2.75) is 19.9 Å². The lowest BCUT2D eigenvalue weighted by Gasteiger charge is -2.07. The summed E-state index contributed by atoms with van der Waals surface area (Å²) < 4.78 is 5.11. The summed E-state index contributed by atoms with van der Waals surface area (Å²) in [5.74, 6) is 0.297. The highest BCUT2D eigenvalue weighted by atomic mass is 16.5. The number of methoxy groups -OCH3 is 1. The number of carbonyl (C=O) groups is 2. The van der Waals surface area contributed by atoms with E-state index < -0.39 is 0 Å². The standard InChI is InChI=1S/C23H23N3O3/c1-16(14-22(27)24-15-17-10-12-19(29-2)13-11-17)25-26-23(28)21-9-5-7-18-6-3-4-8-20(18)21/h3-13H,14-15H2,1-2H3,(H,24,27)(H,26,28)/b25-16+. The van der Waals surface area contributed by atoms with Gasteiger partial charge < -0.3 is 10.1 Å². The SMILES string of the molecule is COc1ccc(CNC(=O)C/C(C)=N/NC(=O)c2cccc3ccccc23)cc1. The highest BCUT2D eigenvalue weighted by Crippen LogP contribution is 2.18. The fraction of sp³-hybridized carbons (Fsp3) is 0.174. The van der Waals surface area contributed by atoms with Gasteiger partial charge >= 0.3 is 0 Å². The molecule has 6 heteroatoms. The first-order valence-electron chi connectivity index (χ1n) is 9.27. The summed E-state index contributed by atoms with van der Waals surface area (Å²) >= 11 is 0. The molecule has 0 aliphatic heterocycles. The van der Waals surface area contributed by atoms with Crippen molar-refractivity contribution in [2.24, 2.45) is 5.10 Å². The molecule has 0 radical (unpaired) electrons. The number of rotatable bonds is 7. The van der Waals surface area contributed by atoms with Crippen molar-refractivity contribution >= 4 is 28.3 Å². The molecule has 0 unspecified atom stereocenters. The van der Waals surface area contributed by atoms with Gasteiger partial charge in [-0.2, -0.15) is 5.10 Å². The zero-order valence-electron chi connectivity index (χ0n) is 16.4. The van der Waals surface area contributed by atoms with Crippen molar-refractivity contribution in [1.29, 1.82) is 0 Å². The second kappa shape index (κ2) is 9.50. The lowest BCUT2D eigenvalue weighted by Crippen LogP contribution is -2.26. The number of ether oxygens (including phenoxy) is 1. The summed E-state index contributed by atoms with van der Waals surface area (Å²) in [6.45, 7) is 2.12. The second-order valence-corrected chi connectivity index (χ2v) is 6.62. The van der Waals surface area contributed by atoms with Crippen molar-refractivity contribution in [3.05, 3.63) is 77.9 Å². The molecule has 3 aromatic rings. The van der Waals surface area contributed by atoms with Crippen LogP contribution in [0.2, 0.25) is 0 Å². The van der Waals surface area contributed by atoms with Crippen LogP contribution < -0.4 is 15.5 Å². The van der Waals surface area contributed by atoms with E-state index in [0.29, 0.717) is 17.8 Å². The van der Waals surface area contributed by atoms with Gasteiger partial charge in [-0.25, -0.2) is 5.43 Å². The summed E-state index contributed by atoms with van der Waals surface area (Å²) in [6.07, 6.45) is 0.103. The predicted octanol–water partition coefficient (Wildman–Crippen LogP) is 3.66. The largest absolute Gasteiger partial charge is 0.497 e. The van der Waals surface area contributed by atoms with Gasteiger partial charge in [0.15, 0.2) is 0 Å². The van der Waals surface area contributed by atoms with Gasteiger partial charge in [0.1, 0.15) is 5.75 Å². The monoisotopic (exact) mass is 389 g/mol. The van der Waals surface area contributed by atoms with Crippen LogP contribution in [0.25, 0.3) is 10.8 Å². The van der Waals surface area contributed by atoms with E-state index in [2.05, 4.69) is 15.8 Å². The Labute approximate surface area is 169 Å². The van der Waals surface area contributed by atoms with E-state index in [-0.39, 0.29) is 18.2 Å². The third-order valence-corrected chi connectivity index (χ3v) is 4.45. The Bertz CT molecular complexity index is 1040. The number of nitrogens with one attached hydrogen (secondary N) is 2. The molecule has 148 valence electrons. The van der Waals surface area contributed by atoms with Crippen LogP contribution in [-0.4, -0.2) is 24.6 Å². The van der Waals surface area contributed by atoms with Gasteiger partial charge in [-0.3, -0.25) is 9.59 Å². The Morgan fingerprint density at radius 1 is 0.966 bits per heavy atom. The summed E-state index contributed by atoms with van der Waals surface area (Å²) in [6, 6.07) is 20.7. The van der Waals surface area contributed by atoms with Crippen LogP contribution in [0.5, 0.6) is 5.75 Å². The van der Waals surface area contributed by atoms with E-state index in [0.717, 1.165) is 22.1 Å². The third-order valence-electron chi connectivity index (χ3n) is 4.45. The highest BCUT2D eigenvalue weighted by molar-refractivity contribution is 6.07. The molecule has 0 atom stereocenters. The highest BCUT2D eigenvalue weighted by Gasteiger charge is 2.10. The normalized spacial score (nSPS) is 11.2. The maximum Gasteiger partial charge on any atom is 0.271 e. The Kier molecular flexibility index (Phi) is 6.58. The Balaban J connectivity index is 1.53. The summed E-state index contributed by atoms with van der Waals surface area (Å²) in [7, 11) is 1.61. The Morgan fingerprint density at radius 3 is 2.45 bits per heavy atom. The molecule has 6 nitrogen and oxygen atoms in total. The van der Waals surface area contributed by atoms with Crippen molar-refractivity contribution in [2.75, 3.05) is 7.11 Å². The first-order valence-corrected chi connectivity index (χ1v) is 9.27. The average Bonchev–Trinajstić information content (AvgIpc) is 2.76. The predicted molar refractivity (Wildman–Crippen MR) is 114 cm³/mol. The van der Waals surface area contributed by atoms with E-state index in [1.807, 2.05) is 60.7 Å². The molecule has 2 N–H and O–H groups in total. The molecule has 29 heavy (non-hydrogen) atoms. The minimum Gasteiger partial charge on any atom is -0.497 e. The molecule has 0 saturated carbocycles. The fourth-order valence-electron chi connectivity index (χ4n) is 2.91. The van der Waals surface area contributed by atoms with Crippen LogP contribution >= 0.6 is 0 Å². The summed E-state index contributed by atoms with van der Waals surface area (Å²) in [5, 5.41) is 8.75. The molecule has 0 heterocycles. The van der Waals surface area contributed by atoms with Gasteiger partial charge in [0, 0.05) is 17.8 Å². The molecule has 0 aliphatic carbocycles. The van der Waals surface area contributed by atoms with Crippen molar-refractivity contribution in [3.8, 4) is 5.75 Å². The van der Waals surface area contributed by atoms with Crippen molar-refractivity contribution in [1.82, 2.24) is 10.7 Å². The van der Waals surface area contributed by atoms with Gasteiger partial charge in [-0.05, 0) is 41.5 Å². The van der Waals surface area contributed by atoms with E-state index in [1.54, 1.807) is 20.1 Å². The van der Waals surface area contributed by atoms with Crippen molar-refractivity contribution in [3.63, 3.8) is 0 Å². The van der Waals surface area contributed by atoms with Gasteiger partial charge in [-0.1, -0.05) is 48.5 Å². The van der Waals surface area contributed by atoms with Crippen LogP contribution in [0.1, 0.15) is 29.3 Å². The number of carbonyl (C=O) groups excluding carboxylic acids is 2. The molecule has 0 aromatic heterocycles. The first kappa shape index (κ1) is 20.1. The van der Waals surface area contributed by atoms with Crippen LogP contribution in [0.15, 0.2) is 71.8 Å². The number of hydrazone groups is 1. The van der Waals surface area contributed by atoms with Gasteiger partial charge in [0.25, 0.3) is 5.91 Å². The molecule has 0 bridgehead atoms. The smallest absolute Gasteiger partial charge is 0.271 e. The quantitative estimate of drug-likeness (QED) is 0.478. The molecular weight excluding hydrogens is 366 g/mol. The van der Waals surface area contributed by atoms with E-state index in [1.165, 1.54) is 0 Å². The Morgan fingerprint density at radius 2 is 1.69 bits per heavy atom. The first-order chi connectivity index (χ1) is 14.1. The Hall–Kier alpha value is -3.67. The molecule has 3 aromatic carbocycles. The lowest BCUT2D eigenvalue weighted by atomic mass is 10.0. The van der Waals surface area contributed by atoms with E-state index in [4.69, 9.17) is 4.74 Å². The molecule has 2 amide bonds. The summed E-state index contributed by atoms with van der Waals surface area (Å²) in [5.41, 5.74) is 4.57. The van der Waals surface area contributed by atoms with Gasteiger partial charge in [-0.15, -0.1) is 0 Å². The van der Waals surface area contributed by atoms with E-state index in [9.17, 15) is 9.59 Å². The van der Waals surface area contributed by atoms with Gasteiger partial charge in [0.05, 0.1) is 13.5 Å². The van der Waals surface area contributed by atoms with Gasteiger partial charge in [0.2, 0.25) is 5.91 Å². The molecule has 0 saturated heterocycles. The molecule has 0 spiro atoms. The minimum atomic E-state index is -0.306. The number of nitrogens with zero attached hydrogens (tertiary/aromatic N) is 1. The number of hydrogen-bond donors (Lipinski definition) is 2.